The van der Waals surface area contributed by atoms with Crippen LogP contribution in [0.1, 0.15) is 36.4 Å². The summed E-state index contributed by atoms with van der Waals surface area (Å²) in [5, 5.41) is 8.97. The zero-order valence-corrected chi connectivity index (χ0v) is 24.8. The molecule has 0 saturated heterocycles. The molecule has 6 heteroatoms. The van der Waals surface area contributed by atoms with E-state index in [1.807, 2.05) is 58.5 Å². The summed E-state index contributed by atoms with van der Waals surface area (Å²) in [5.41, 5.74) is 6.78. The summed E-state index contributed by atoms with van der Waals surface area (Å²) in [6, 6.07) is 31.0. The van der Waals surface area contributed by atoms with Gasteiger partial charge in [-0.15, -0.1) is 0 Å². The number of benzene rings is 4. The molecule has 0 aromatic heterocycles. The standard InChI is InChI=1S/C36H38N4O2/c1-38(2)30-17-12-25(13-18-30)22-29-10-7-11-33-35(29)37-40(36(33)27-14-19-31(20-15-27)39(3)4)34(41)24-42-32-21-16-26-8-5-6-9-28(26)23-32/h5-6,8-9,12-23,33,36H,7,10-11,24H2,1-4H3/b29-22-/t33-,36-/m0/s1. The Morgan fingerprint density at radius 2 is 1.55 bits per heavy atom. The minimum Gasteiger partial charge on any atom is -0.484 e. The van der Waals surface area contributed by atoms with Crippen molar-refractivity contribution < 1.29 is 9.53 Å². The van der Waals surface area contributed by atoms with Gasteiger partial charge >= 0.3 is 0 Å². The number of allylic oxidation sites excluding steroid dienone is 1. The van der Waals surface area contributed by atoms with Crippen molar-refractivity contribution >= 4 is 39.8 Å². The van der Waals surface area contributed by atoms with Gasteiger partial charge in [0.15, 0.2) is 6.61 Å². The topological polar surface area (TPSA) is 48.4 Å². The van der Waals surface area contributed by atoms with E-state index in [2.05, 4.69) is 76.5 Å². The number of ether oxygens (including phenoxy) is 1. The lowest BCUT2D eigenvalue weighted by atomic mass is 9.77. The maximum atomic E-state index is 13.8. The number of carbonyl (C=O) groups excluding carboxylic acids is 1. The van der Waals surface area contributed by atoms with Gasteiger partial charge in [0.1, 0.15) is 5.75 Å². The first kappa shape index (κ1) is 27.6. The molecule has 1 heterocycles. The predicted molar refractivity (Wildman–Crippen MR) is 173 cm³/mol. The Kier molecular flexibility index (Phi) is 7.70. The zero-order chi connectivity index (χ0) is 29.2. The van der Waals surface area contributed by atoms with E-state index in [0.29, 0.717) is 5.75 Å². The normalized spacial score (nSPS) is 19.0. The highest BCUT2D eigenvalue weighted by Crippen LogP contribution is 2.44. The molecule has 0 spiro atoms. The number of hydrogen-bond donors (Lipinski definition) is 0. The molecule has 2 atom stereocenters. The molecule has 0 N–H and O–H groups in total. The summed E-state index contributed by atoms with van der Waals surface area (Å²) >= 11 is 0. The van der Waals surface area contributed by atoms with Crippen molar-refractivity contribution in [1.82, 2.24) is 5.01 Å². The largest absolute Gasteiger partial charge is 0.484 e. The van der Waals surface area contributed by atoms with Crippen LogP contribution in [-0.4, -0.2) is 51.4 Å². The summed E-state index contributed by atoms with van der Waals surface area (Å²) in [7, 11) is 8.17. The second kappa shape index (κ2) is 11.7. The fourth-order valence-corrected chi connectivity index (χ4v) is 6.05. The molecule has 1 saturated carbocycles. The quantitative estimate of drug-likeness (QED) is 0.241. The number of carbonyl (C=O) groups is 1. The fraction of sp³-hybridized carbons (Fsp3) is 0.278. The molecule has 42 heavy (non-hydrogen) atoms. The van der Waals surface area contributed by atoms with E-state index in [-0.39, 0.29) is 24.5 Å². The van der Waals surface area contributed by atoms with Crippen LogP contribution in [0.4, 0.5) is 11.4 Å². The van der Waals surface area contributed by atoms with E-state index >= 15 is 0 Å². The highest BCUT2D eigenvalue weighted by atomic mass is 16.5. The van der Waals surface area contributed by atoms with Crippen LogP contribution in [0.2, 0.25) is 0 Å². The van der Waals surface area contributed by atoms with Gasteiger partial charge in [0.2, 0.25) is 0 Å². The Balaban J connectivity index is 1.30. The average molecular weight is 559 g/mol. The first-order valence-corrected chi connectivity index (χ1v) is 14.6. The van der Waals surface area contributed by atoms with Crippen molar-refractivity contribution in [3.05, 3.63) is 108 Å². The lowest BCUT2D eigenvalue weighted by molar-refractivity contribution is -0.135. The molecule has 214 valence electrons. The third-order valence-electron chi connectivity index (χ3n) is 8.34. The lowest BCUT2D eigenvalue weighted by Gasteiger charge is -2.30. The highest BCUT2D eigenvalue weighted by molar-refractivity contribution is 6.08. The summed E-state index contributed by atoms with van der Waals surface area (Å²) in [4.78, 5) is 18.0. The first-order chi connectivity index (χ1) is 20.4. The van der Waals surface area contributed by atoms with Crippen LogP contribution < -0.4 is 14.5 Å². The Morgan fingerprint density at radius 3 is 2.24 bits per heavy atom. The summed E-state index contributed by atoms with van der Waals surface area (Å²) in [5.74, 6) is 0.683. The smallest absolute Gasteiger partial charge is 0.281 e. The Bertz CT molecular complexity index is 1640. The van der Waals surface area contributed by atoms with Gasteiger partial charge in [0.25, 0.3) is 5.91 Å². The fourth-order valence-electron chi connectivity index (χ4n) is 6.05. The van der Waals surface area contributed by atoms with Gasteiger partial charge in [0, 0.05) is 45.5 Å². The Labute approximate surface area is 248 Å². The predicted octanol–water partition coefficient (Wildman–Crippen LogP) is 7.17. The minimum atomic E-state index is -0.163. The molecule has 6 nitrogen and oxygen atoms in total. The third-order valence-corrected chi connectivity index (χ3v) is 8.34. The average Bonchev–Trinajstić information content (AvgIpc) is 3.41. The molecule has 6 rings (SSSR count). The van der Waals surface area contributed by atoms with Gasteiger partial charge in [-0.3, -0.25) is 4.79 Å². The van der Waals surface area contributed by atoms with Crippen LogP contribution >= 0.6 is 0 Å². The monoisotopic (exact) mass is 558 g/mol. The van der Waals surface area contributed by atoms with E-state index in [4.69, 9.17) is 9.84 Å². The number of nitrogens with zero attached hydrogens (tertiary/aromatic N) is 4. The summed E-state index contributed by atoms with van der Waals surface area (Å²) in [6.45, 7) is -0.0703. The SMILES string of the molecule is CN(C)c1ccc(/C=C2/CCC[C@H]3C2=NN(C(=O)COc2ccc4ccccc4c2)[C@H]3c2ccc(N(C)C)cc2)cc1. The maximum absolute atomic E-state index is 13.8. The van der Waals surface area contributed by atoms with Crippen molar-refractivity contribution in [3.8, 4) is 5.75 Å². The van der Waals surface area contributed by atoms with Crippen molar-refractivity contribution in [2.75, 3.05) is 44.6 Å². The van der Waals surface area contributed by atoms with E-state index in [1.54, 1.807) is 5.01 Å². The number of hydrogen-bond acceptors (Lipinski definition) is 5. The molecule has 0 radical (unpaired) electrons. The number of hydrazone groups is 1. The summed E-state index contributed by atoms with van der Waals surface area (Å²) in [6.07, 6.45) is 5.25. The molecule has 0 bridgehead atoms. The molecular weight excluding hydrogens is 520 g/mol. The van der Waals surface area contributed by atoms with Gasteiger partial charge < -0.3 is 14.5 Å². The number of rotatable bonds is 7. The van der Waals surface area contributed by atoms with Crippen LogP contribution in [0.5, 0.6) is 5.75 Å². The number of amides is 1. The first-order valence-electron chi connectivity index (χ1n) is 14.6. The molecule has 1 fully saturated rings. The zero-order valence-electron chi connectivity index (χ0n) is 24.8. The minimum absolute atomic E-state index is 0.0703. The van der Waals surface area contributed by atoms with Crippen molar-refractivity contribution in [3.63, 3.8) is 0 Å². The van der Waals surface area contributed by atoms with Gasteiger partial charge in [-0.1, -0.05) is 54.6 Å². The van der Waals surface area contributed by atoms with E-state index in [9.17, 15) is 4.79 Å². The maximum Gasteiger partial charge on any atom is 0.281 e. The molecule has 0 unspecified atom stereocenters. The van der Waals surface area contributed by atoms with Crippen molar-refractivity contribution in [2.24, 2.45) is 11.0 Å². The van der Waals surface area contributed by atoms with Crippen LogP contribution in [0.3, 0.4) is 0 Å². The second-order valence-corrected chi connectivity index (χ2v) is 11.6. The van der Waals surface area contributed by atoms with Crippen LogP contribution in [0.25, 0.3) is 16.8 Å². The Hall–Kier alpha value is -4.58. The molecule has 1 aliphatic carbocycles. The molecule has 1 amide bonds. The van der Waals surface area contributed by atoms with Crippen molar-refractivity contribution in [1.29, 1.82) is 0 Å². The van der Waals surface area contributed by atoms with Gasteiger partial charge in [-0.25, -0.2) is 5.01 Å². The van der Waals surface area contributed by atoms with E-state index < -0.39 is 0 Å². The number of anilines is 2. The van der Waals surface area contributed by atoms with Crippen molar-refractivity contribution in [2.45, 2.75) is 25.3 Å². The number of fused-ring (bicyclic) bond motifs is 2. The molecule has 4 aromatic carbocycles. The van der Waals surface area contributed by atoms with E-state index in [1.165, 1.54) is 11.3 Å². The molecule has 4 aromatic rings. The highest BCUT2D eigenvalue weighted by Gasteiger charge is 2.43. The molecule has 2 aliphatic rings. The Morgan fingerprint density at radius 1 is 0.881 bits per heavy atom. The van der Waals surface area contributed by atoms with Crippen LogP contribution in [0, 0.1) is 5.92 Å². The molecule has 1 aliphatic heterocycles. The van der Waals surface area contributed by atoms with Crippen LogP contribution in [-0.2, 0) is 4.79 Å². The van der Waals surface area contributed by atoms with Gasteiger partial charge in [-0.05, 0) is 89.2 Å². The second-order valence-electron chi connectivity index (χ2n) is 11.6. The third kappa shape index (κ3) is 5.62. The molecular formula is C36H38N4O2. The van der Waals surface area contributed by atoms with Gasteiger partial charge in [-0.2, -0.15) is 5.10 Å². The van der Waals surface area contributed by atoms with E-state index in [0.717, 1.165) is 52.6 Å². The lowest BCUT2D eigenvalue weighted by Crippen LogP contribution is -2.34. The van der Waals surface area contributed by atoms with Gasteiger partial charge in [0.05, 0.1) is 11.8 Å². The van der Waals surface area contributed by atoms with Crippen LogP contribution in [0.15, 0.2) is 102 Å². The summed E-state index contributed by atoms with van der Waals surface area (Å²) < 4.78 is 6.04.